The van der Waals surface area contributed by atoms with E-state index in [2.05, 4.69) is 9.71 Å². The largest absolute Gasteiger partial charge is 0.393 e. The monoisotopic (exact) mass is 346 g/mol. The minimum Gasteiger partial charge on any atom is -0.393 e. The predicted molar refractivity (Wildman–Crippen MR) is 93.0 cm³/mol. The molecule has 6 heteroatoms. The number of aliphatic hydroxyl groups is 1. The van der Waals surface area contributed by atoms with Crippen LogP contribution >= 0.6 is 0 Å². The molecule has 1 aromatic carbocycles. The second-order valence-corrected chi connectivity index (χ2v) is 8.01. The van der Waals surface area contributed by atoms with Crippen molar-refractivity contribution in [1.29, 1.82) is 0 Å². The van der Waals surface area contributed by atoms with Crippen LogP contribution in [-0.2, 0) is 10.0 Å². The molecule has 3 rings (SSSR count). The van der Waals surface area contributed by atoms with Crippen molar-refractivity contribution in [2.75, 3.05) is 0 Å². The Morgan fingerprint density at radius 1 is 1.21 bits per heavy atom. The SMILES string of the molecule is Cc1cccc(S(=O)(=O)NC2CCCC(O)C2)c1-c1cccnc1. The third-order valence-electron chi connectivity index (χ3n) is 4.44. The number of sulfonamides is 1. The number of aliphatic hydroxyl groups excluding tert-OH is 1. The molecule has 0 radical (unpaired) electrons. The molecule has 2 aromatic rings. The summed E-state index contributed by atoms with van der Waals surface area (Å²) in [4.78, 5) is 4.36. The lowest BCUT2D eigenvalue weighted by molar-refractivity contribution is 0.117. The molecule has 128 valence electrons. The van der Waals surface area contributed by atoms with Gasteiger partial charge in [-0.25, -0.2) is 13.1 Å². The maximum Gasteiger partial charge on any atom is 0.241 e. The fraction of sp³-hybridized carbons (Fsp3) is 0.389. The maximum absolute atomic E-state index is 12.9. The summed E-state index contributed by atoms with van der Waals surface area (Å²) in [5.74, 6) is 0. The molecule has 0 aliphatic heterocycles. The zero-order chi connectivity index (χ0) is 17.2. The van der Waals surface area contributed by atoms with Crippen LogP contribution in [0.25, 0.3) is 11.1 Å². The zero-order valence-electron chi connectivity index (χ0n) is 13.6. The highest BCUT2D eigenvalue weighted by atomic mass is 32.2. The van der Waals surface area contributed by atoms with Crippen molar-refractivity contribution in [1.82, 2.24) is 9.71 Å². The molecular weight excluding hydrogens is 324 g/mol. The van der Waals surface area contributed by atoms with Gasteiger partial charge in [0, 0.05) is 29.6 Å². The second-order valence-electron chi connectivity index (χ2n) is 6.33. The molecule has 1 aliphatic carbocycles. The lowest BCUT2D eigenvalue weighted by atomic mass is 9.94. The molecule has 2 N–H and O–H groups in total. The van der Waals surface area contributed by atoms with E-state index in [1.807, 2.05) is 19.1 Å². The van der Waals surface area contributed by atoms with Crippen molar-refractivity contribution in [3.05, 3.63) is 48.3 Å². The number of aromatic nitrogens is 1. The Morgan fingerprint density at radius 2 is 2.04 bits per heavy atom. The number of hydrogen-bond donors (Lipinski definition) is 2. The van der Waals surface area contributed by atoms with E-state index in [-0.39, 0.29) is 10.9 Å². The van der Waals surface area contributed by atoms with Gasteiger partial charge in [0.1, 0.15) is 0 Å². The van der Waals surface area contributed by atoms with Crippen molar-refractivity contribution >= 4 is 10.0 Å². The Kier molecular flexibility index (Phi) is 4.99. The van der Waals surface area contributed by atoms with Crippen LogP contribution in [0.5, 0.6) is 0 Å². The van der Waals surface area contributed by atoms with Gasteiger partial charge in [0.15, 0.2) is 0 Å². The molecule has 1 aliphatic rings. The van der Waals surface area contributed by atoms with Gasteiger partial charge in [-0.15, -0.1) is 0 Å². The smallest absolute Gasteiger partial charge is 0.241 e. The highest BCUT2D eigenvalue weighted by molar-refractivity contribution is 7.89. The Bertz CT molecular complexity index is 806. The molecule has 1 aromatic heterocycles. The molecule has 24 heavy (non-hydrogen) atoms. The van der Waals surface area contributed by atoms with Crippen LogP contribution in [0, 0.1) is 6.92 Å². The van der Waals surface area contributed by atoms with E-state index >= 15 is 0 Å². The lowest BCUT2D eigenvalue weighted by Crippen LogP contribution is -2.39. The highest BCUT2D eigenvalue weighted by Crippen LogP contribution is 2.31. The summed E-state index contributed by atoms with van der Waals surface area (Å²) in [7, 11) is -3.67. The first-order valence-electron chi connectivity index (χ1n) is 8.18. The second kappa shape index (κ2) is 7.01. The third kappa shape index (κ3) is 3.66. The molecule has 1 fully saturated rings. The van der Waals surface area contributed by atoms with Crippen LogP contribution in [0.1, 0.15) is 31.2 Å². The molecule has 5 nitrogen and oxygen atoms in total. The van der Waals surface area contributed by atoms with Gasteiger partial charge in [-0.3, -0.25) is 4.98 Å². The summed E-state index contributed by atoms with van der Waals surface area (Å²) >= 11 is 0. The maximum atomic E-state index is 12.9. The standard InChI is InChI=1S/C18H22N2O3S/c1-13-5-2-9-17(18(13)14-6-4-10-19-12-14)24(22,23)20-15-7-3-8-16(21)11-15/h2,4-6,9-10,12,15-16,20-21H,3,7-8,11H2,1H3. The predicted octanol–water partition coefficient (Wildman–Crippen LogP) is 2.64. The van der Waals surface area contributed by atoms with Crippen molar-refractivity contribution in [3.8, 4) is 11.1 Å². The first-order chi connectivity index (χ1) is 11.5. The van der Waals surface area contributed by atoms with E-state index in [0.717, 1.165) is 30.4 Å². The van der Waals surface area contributed by atoms with E-state index in [9.17, 15) is 13.5 Å². The summed E-state index contributed by atoms with van der Waals surface area (Å²) in [6, 6.07) is 8.70. The Hall–Kier alpha value is -1.76. The van der Waals surface area contributed by atoms with Crippen molar-refractivity contribution in [2.24, 2.45) is 0 Å². The number of rotatable bonds is 4. The molecule has 0 bridgehead atoms. The Balaban J connectivity index is 1.98. The number of hydrogen-bond acceptors (Lipinski definition) is 4. The summed E-state index contributed by atoms with van der Waals surface area (Å²) in [5.41, 5.74) is 2.34. The Labute approximate surface area is 142 Å². The van der Waals surface area contributed by atoms with Crippen LogP contribution in [-0.4, -0.2) is 30.7 Å². The molecule has 0 saturated heterocycles. The first-order valence-corrected chi connectivity index (χ1v) is 9.66. The normalized spacial score (nSPS) is 21.6. The van der Waals surface area contributed by atoms with Gasteiger partial charge in [0.2, 0.25) is 10.0 Å². The molecule has 0 spiro atoms. The topological polar surface area (TPSA) is 79.3 Å². The fourth-order valence-electron chi connectivity index (χ4n) is 3.30. The lowest BCUT2D eigenvalue weighted by Gasteiger charge is -2.27. The van der Waals surface area contributed by atoms with Crippen LogP contribution in [0.15, 0.2) is 47.6 Å². The molecule has 0 amide bonds. The van der Waals surface area contributed by atoms with Crippen LogP contribution in [0.4, 0.5) is 0 Å². The van der Waals surface area contributed by atoms with Gasteiger partial charge in [0.05, 0.1) is 11.0 Å². The number of aryl methyl sites for hydroxylation is 1. The summed E-state index contributed by atoms with van der Waals surface area (Å²) in [6.07, 6.45) is 5.70. The molecule has 2 unspecified atom stereocenters. The minimum absolute atomic E-state index is 0.221. The quantitative estimate of drug-likeness (QED) is 0.892. The highest BCUT2D eigenvalue weighted by Gasteiger charge is 2.27. The molecule has 2 atom stereocenters. The van der Waals surface area contributed by atoms with E-state index in [1.54, 1.807) is 30.6 Å². The summed E-state index contributed by atoms with van der Waals surface area (Å²) < 4.78 is 28.7. The first kappa shape index (κ1) is 17.1. The van der Waals surface area contributed by atoms with Gasteiger partial charge in [-0.2, -0.15) is 0 Å². The molecular formula is C18H22N2O3S. The summed E-state index contributed by atoms with van der Waals surface area (Å²) in [5, 5.41) is 9.78. The number of nitrogens with one attached hydrogen (secondary N) is 1. The average Bonchev–Trinajstić information content (AvgIpc) is 2.55. The molecule has 1 saturated carbocycles. The van der Waals surface area contributed by atoms with Crippen LogP contribution < -0.4 is 4.72 Å². The minimum atomic E-state index is -3.67. The van der Waals surface area contributed by atoms with Gasteiger partial charge in [-0.1, -0.05) is 18.2 Å². The average molecular weight is 346 g/mol. The third-order valence-corrected chi connectivity index (χ3v) is 6.01. The summed E-state index contributed by atoms with van der Waals surface area (Å²) in [6.45, 7) is 1.89. The zero-order valence-corrected chi connectivity index (χ0v) is 14.5. The van der Waals surface area contributed by atoms with Gasteiger partial charge < -0.3 is 5.11 Å². The van der Waals surface area contributed by atoms with E-state index in [1.165, 1.54) is 0 Å². The Morgan fingerprint density at radius 3 is 2.75 bits per heavy atom. The van der Waals surface area contributed by atoms with Gasteiger partial charge in [0.25, 0.3) is 0 Å². The van der Waals surface area contributed by atoms with Crippen LogP contribution in [0.3, 0.4) is 0 Å². The fourth-order valence-corrected chi connectivity index (χ4v) is 4.88. The van der Waals surface area contributed by atoms with Crippen molar-refractivity contribution < 1.29 is 13.5 Å². The van der Waals surface area contributed by atoms with Gasteiger partial charge >= 0.3 is 0 Å². The van der Waals surface area contributed by atoms with E-state index in [0.29, 0.717) is 12.0 Å². The van der Waals surface area contributed by atoms with Crippen molar-refractivity contribution in [2.45, 2.75) is 49.6 Å². The van der Waals surface area contributed by atoms with E-state index < -0.39 is 16.1 Å². The van der Waals surface area contributed by atoms with Crippen LogP contribution in [0.2, 0.25) is 0 Å². The number of pyridine rings is 1. The number of nitrogens with zero attached hydrogens (tertiary/aromatic N) is 1. The van der Waals surface area contributed by atoms with E-state index in [4.69, 9.17) is 0 Å². The van der Waals surface area contributed by atoms with Gasteiger partial charge in [-0.05, 0) is 50.3 Å². The number of benzene rings is 1. The molecule has 1 heterocycles. The van der Waals surface area contributed by atoms with Crippen molar-refractivity contribution in [3.63, 3.8) is 0 Å².